The molecule has 0 saturated carbocycles. The molecule has 74 valence electrons. The van der Waals surface area contributed by atoms with Gasteiger partial charge in [-0.15, -0.1) is 5.10 Å². The third-order valence-electron chi connectivity index (χ3n) is 1.95. The lowest BCUT2D eigenvalue weighted by Gasteiger charge is -2.03. The monoisotopic (exact) mass is 212 g/mol. The first kappa shape index (κ1) is 9.01. The zero-order chi connectivity index (χ0) is 10.1. The van der Waals surface area contributed by atoms with Gasteiger partial charge in [0.15, 0.2) is 0 Å². The summed E-state index contributed by atoms with van der Waals surface area (Å²) in [6.07, 6.45) is 3.18. The first-order chi connectivity index (χ1) is 6.68. The molecule has 0 bridgehead atoms. The number of halogens is 1. The van der Waals surface area contributed by atoms with E-state index < -0.39 is 0 Å². The summed E-state index contributed by atoms with van der Waals surface area (Å²) in [5.74, 6) is 0.452. The number of hydrogen-bond donors (Lipinski definition) is 1. The van der Waals surface area contributed by atoms with Gasteiger partial charge in [-0.2, -0.15) is 5.10 Å². The zero-order valence-electron chi connectivity index (χ0n) is 7.55. The number of nitrogens with zero attached hydrogens (tertiary/aromatic N) is 5. The topological polar surface area (TPSA) is 74.5 Å². The van der Waals surface area contributed by atoms with Gasteiger partial charge in [-0.3, -0.25) is 4.68 Å². The maximum Gasteiger partial charge on any atom is 0.141 e. The predicted octanol–water partition coefficient (Wildman–Crippen LogP) is 0.295. The fourth-order valence-electron chi connectivity index (χ4n) is 1.11. The van der Waals surface area contributed by atoms with Crippen molar-refractivity contribution < 1.29 is 0 Å². The van der Waals surface area contributed by atoms with Crippen LogP contribution < -0.4 is 5.73 Å². The Morgan fingerprint density at radius 3 is 2.79 bits per heavy atom. The summed E-state index contributed by atoms with van der Waals surface area (Å²) in [6.45, 7) is 0.516. The van der Waals surface area contributed by atoms with Crippen molar-refractivity contribution in [1.82, 2.24) is 24.8 Å². The molecule has 0 atom stereocenters. The molecule has 0 aromatic carbocycles. The fraction of sp³-hybridized carbons (Fsp3) is 0.286. The van der Waals surface area contributed by atoms with Crippen LogP contribution in [0.5, 0.6) is 0 Å². The van der Waals surface area contributed by atoms with Gasteiger partial charge >= 0.3 is 0 Å². The van der Waals surface area contributed by atoms with Crippen molar-refractivity contribution in [2.45, 2.75) is 6.54 Å². The molecule has 2 heterocycles. The van der Waals surface area contributed by atoms with Crippen LogP contribution in [-0.4, -0.2) is 24.8 Å². The Morgan fingerprint density at radius 2 is 2.29 bits per heavy atom. The second-order valence-corrected chi connectivity index (χ2v) is 3.29. The summed E-state index contributed by atoms with van der Waals surface area (Å²) in [7, 11) is 1.81. The van der Waals surface area contributed by atoms with E-state index in [1.807, 2.05) is 7.05 Å². The van der Waals surface area contributed by atoms with E-state index in [9.17, 15) is 0 Å². The Bertz CT molecular complexity index is 445. The molecular weight excluding hydrogens is 204 g/mol. The molecule has 0 unspecified atom stereocenters. The van der Waals surface area contributed by atoms with Crippen LogP contribution in [0.2, 0.25) is 5.02 Å². The normalized spacial score (nSPS) is 10.7. The highest BCUT2D eigenvalue weighted by Gasteiger charge is 2.07. The zero-order valence-corrected chi connectivity index (χ0v) is 8.31. The van der Waals surface area contributed by atoms with Gasteiger partial charge in [-0.25, -0.2) is 4.68 Å². The molecule has 0 aliphatic carbocycles. The predicted molar refractivity (Wildman–Crippen MR) is 51.8 cm³/mol. The standard InChI is InChI=1S/C7H9ClN6/c1-13-5(2-10-12-13)4-14-7(9)6(8)3-11-14/h2-3H,4,9H2,1H3. The van der Waals surface area contributed by atoms with E-state index in [4.69, 9.17) is 17.3 Å². The van der Waals surface area contributed by atoms with Crippen molar-refractivity contribution in [3.8, 4) is 0 Å². The maximum atomic E-state index is 5.76. The average molecular weight is 213 g/mol. The minimum absolute atomic E-state index is 0.452. The van der Waals surface area contributed by atoms with Crippen LogP contribution in [0, 0.1) is 0 Å². The molecule has 6 nitrogen and oxygen atoms in total. The van der Waals surface area contributed by atoms with Gasteiger partial charge in [0.05, 0.1) is 24.6 Å². The molecule has 7 heteroatoms. The van der Waals surface area contributed by atoms with Crippen LogP contribution in [0.1, 0.15) is 5.69 Å². The van der Waals surface area contributed by atoms with Gasteiger partial charge in [0.25, 0.3) is 0 Å². The highest BCUT2D eigenvalue weighted by Crippen LogP contribution is 2.17. The van der Waals surface area contributed by atoms with Crippen molar-refractivity contribution in [3.63, 3.8) is 0 Å². The van der Waals surface area contributed by atoms with Crippen LogP contribution in [0.4, 0.5) is 5.82 Å². The fourth-order valence-corrected chi connectivity index (χ4v) is 1.25. The third-order valence-corrected chi connectivity index (χ3v) is 2.24. The number of aryl methyl sites for hydroxylation is 1. The second kappa shape index (κ2) is 3.30. The third kappa shape index (κ3) is 1.44. The van der Waals surface area contributed by atoms with Crippen LogP contribution in [0.15, 0.2) is 12.4 Å². The Labute approximate surface area is 85.3 Å². The molecule has 2 N–H and O–H groups in total. The van der Waals surface area contributed by atoms with E-state index in [0.29, 0.717) is 17.4 Å². The molecule has 0 amide bonds. The molecule has 2 aromatic heterocycles. The van der Waals surface area contributed by atoms with E-state index in [0.717, 1.165) is 5.69 Å². The molecule has 14 heavy (non-hydrogen) atoms. The van der Waals surface area contributed by atoms with Crippen molar-refractivity contribution in [1.29, 1.82) is 0 Å². The molecule has 0 aliphatic rings. The Balaban J connectivity index is 2.27. The molecule has 0 fully saturated rings. The lowest BCUT2D eigenvalue weighted by molar-refractivity contribution is 0.617. The van der Waals surface area contributed by atoms with Crippen molar-refractivity contribution >= 4 is 17.4 Å². The molecule has 0 saturated heterocycles. The smallest absolute Gasteiger partial charge is 0.141 e. The van der Waals surface area contributed by atoms with Gasteiger partial charge in [-0.1, -0.05) is 16.8 Å². The number of nitrogens with two attached hydrogens (primary N) is 1. The van der Waals surface area contributed by atoms with E-state index in [1.54, 1.807) is 15.6 Å². The summed E-state index contributed by atoms with van der Waals surface area (Å²) in [5.41, 5.74) is 6.60. The van der Waals surface area contributed by atoms with Gasteiger partial charge < -0.3 is 5.73 Å². The van der Waals surface area contributed by atoms with Crippen LogP contribution in [0.3, 0.4) is 0 Å². The summed E-state index contributed by atoms with van der Waals surface area (Å²) < 4.78 is 3.26. The summed E-state index contributed by atoms with van der Waals surface area (Å²) in [5, 5.41) is 12.0. The summed E-state index contributed by atoms with van der Waals surface area (Å²) in [4.78, 5) is 0. The van der Waals surface area contributed by atoms with Crippen LogP contribution in [0.25, 0.3) is 0 Å². The number of nitrogen functional groups attached to an aromatic ring is 1. The SMILES string of the molecule is Cn1nncc1Cn1ncc(Cl)c1N. The van der Waals surface area contributed by atoms with Gasteiger partial charge in [0.2, 0.25) is 0 Å². The summed E-state index contributed by atoms with van der Waals surface area (Å²) >= 11 is 5.76. The highest BCUT2D eigenvalue weighted by molar-refractivity contribution is 6.32. The number of aromatic nitrogens is 5. The minimum Gasteiger partial charge on any atom is -0.383 e. The molecule has 0 radical (unpaired) electrons. The number of anilines is 1. The van der Waals surface area contributed by atoms with E-state index in [2.05, 4.69) is 15.4 Å². The Morgan fingerprint density at radius 1 is 1.50 bits per heavy atom. The van der Waals surface area contributed by atoms with Crippen LogP contribution >= 0.6 is 11.6 Å². The summed E-state index contributed by atoms with van der Waals surface area (Å²) in [6, 6.07) is 0. The average Bonchev–Trinajstić information content (AvgIpc) is 2.68. The van der Waals surface area contributed by atoms with Crippen molar-refractivity contribution in [2.75, 3.05) is 5.73 Å². The lowest BCUT2D eigenvalue weighted by Crippen LogP contribution is -2.09. The van der Waals surface area contributed by atoms with E-state index in [-0.39, 0.29) is 0 Å². The molecule has 0 spiro atoms. The quantitative estimate of drug-likeness (QED) is 0.777. The number of rotatable bonds is 2. The molecule has 2 rings (SSSR count). The maximum absolute atomic E-state index is 5.76. The van der Waals surface area contributed by atoms with Crippen LogP contribution in [-0.2, 0) is 13.6 Å². The first-order valence-electron chi connectivity index (χ1n) is 3.99. The van der Waals surface area contributed by atoms with Crippen molar-refractivity contribution in [3.05, 3.63) is 23.1 Å². The first-order valence-corrected chi connectivity index (χ1v) is 4.36. The Kier molecular flexibility index (Phi) is 2.12. The number of hydrogen-bond acceptors (Lipinski definition) is 4. The highest BCUT2D eigenvalue weighted by atomic mass is 35.5. The lowest BCUT2D eigenvalue weighted by atomic mass is 10.4. The van der Waals surface area contributed by atoms with Gasteiger partial charge in [-0.05, 0) is 0 Å². The Hall–Kier alpha value is -1.56. The van der Waals surface area contributed by atoms with Gasteiger partial charge in [0.1, 0.15) is 10.8 Å². The minimum atomic E-state index is 0.452. The van der Waals surface area contributed by atoms with Gasteiger partial charge in [0, 0.05) is 7.05 Å². The largest absolute Gasteiger partial charge is 0.383 e. The molecule has 2 aromatic rings. The van der Waals surface area contributed by atoms with E-state index >= 15 is 0 Å². The van der Waals surface area contributed by atoms with Crippen molar-refractivity contribution in [2.24, 2.45) is 7.05 Å². The molecule has 0 aliphatic heterocycles. The van der Waals surface area contributed by atoms with E-state index in [1.165, 1.54) is 6.20 Å². The molecular formula is C7H9ClN6. The second-order valence-electron chi connectivity index (χ2n) is 2.88.